The fraction of sp³-hybridized carbons (Fsp3) is 0.364. The molecule has 1 saturated heterocycles. The summed E-state index contributed by atoms with van der Waals surface area (Å²) in [5.41, 5.74) is -0.796. The van der Waals surface area contributed by atoms with Gasteiger partial charge in [-0.2, -0.15) is 0 Å². The first-order chi connectivity index (χ1) is 9.42. The normalized spacial score (nSPS) is 18.4. The summed E-state index contributed by atoms with van der Waals surface area (Å²) in [6.45, 7) is 0.00686. The van der Waals surface area contributed by atoms with Crippen molar-refractivity contribution < 1.29 is 19.7 Å². The van der Waals surface area contributed by atoms with Crippen molar-refractivity contribution in [1.29, 1.82) is 0 Å². The summed E-state index contributed by atoms with van der Waals surface area (Å²) in [6, 6.07) is 3.07. The molecular formula is C11H11N3O6. The molecular weight excluding hydrogens is 270 g/mol. The van der Waals surface area contributed by atoms with Gasteiger partial charge in [0.1, 0.15) is 0 Å². The van der Waals surface area contributed by atoms with E-state index in [1.165, 1.54) is 4.90 Å². The largest absolute Gasteiger partial charge is 0.396 e. The topological polar surface area (TPSA) is 127 Å². The smallest absolute Gasteiger partial charge is 0.278 e. The number of anilines is 1. The summed E-state index contributed by atoms with van der Waals surface area (Å²) in [5, 5.41) is 30.6. The Bertz CT molecular complexity index is 555. The van der Waals surface area contributed by atoms with Crippen molar-refractivity contribution in [3.05, 3.63) is 38.4 Å². The fourth-order valence-corrected chi connectivity index (χ4v) is 2.10. The minimum Gasteiger partial charge on any atom is -0.396 e. The lowest BCUT2D eigenvalue weighted by molar-refractivity contribution is -0.394. The van der Waals surface area contributed by atoms with Crippen molar-refractivity contribution in [2.75, 3.05) is 18.1 Å². The van der Waals surface area contributed by atoms with Gasteiger partial charge in [0.25, 0.3) is 11.4 Å². The number of nitro benzene ring substituents is 2. The number of aliphatic hydroxyl groups is 1. The number of amides is 1. The second-order valence-electron chi connectivity index (χ2n) is 4.48. The third kappa shape index (κ3) is 2.57. The van der Waals surface area contributed by atoms with E-state index in [9.17, 15) is 25.0 Å². The monoisotopic (exact) mass is 281 g/mol. The molecule has 1 amide bonds. The Labute approximate surface area is 112 Å². The molecule has 9 heteroatoms. The zero-order valence-corrected chi connectivity index (χ0v) is 10.3. The molecule has 0 aromatic heterocycles. The Morgan fingerprint density at radius 3 is 2.15 bits per heavy atom. The Balaban J connectivity index is 2.43. The van der Waals surface area contributed by atoms with E-state index in [1.54, 1.807) is 0 Å². The molecule has 20 heavy (non-hydrogen) atoms. The van der Waals surface area contributed by atoms with Gasteiger partial charge in [-0.25, -0.2) is 0 Å². The molecule has 0 saturated carbocycles. The number of non-ortho nitro benzene ring substituents is 2. The predicted molar refractivity (Wildman–Crippen MR) is 67.3 cm³/mol. The molecule has 9 nitrogen and oxygen atoms in total. The molecule has 1 N–H and O–H groups in total. The van der Waals surface area contributed by atoms with Crippen LogP contribution in [0.15, 0.2) is 18.2 Å². The maximum Gasteiger partial charge on any atom is 0.278 e. The Morgan fingerprint density at radius 1 is 1.20 bits per heavy atom. The Morgan fingerprint density at radius 2 is 1.75 bits per heavy atom. The first kappa shape index (κ1) is 13.9. The summed E-state index contributed by atoms with van der Waals surface area (Å²) in [7, 11) is 0. The molecule has 1 aromatic rings. The lowest BCUT2D eigenvalue weighted by atomic mass is 10.1. The standard InChI is InChI=1S/C11H11N3O6/c15-6-7-1-11(16)12(5-7)8-2-9(13(17)18)4-10(3-8)14(19)20/h2-4,7,15H,1,5-6H2. The van der Waals surface area contributed by atoms with Crippen LogP contribution in [-0.2, 0) is 4.79 Å². The number of aliphatic hydroxyl groups excluding tert-OH is 1. The molecule has 0 radical (unpaired) electrons. The summed E-state index contributed by atoms with van der Waals surface area (Å²) in [5.74, 6) is -0.584. The van der Waals surface area contributed by atoms with Gasteiger partial charge in [0.15, 0.2) is 0 Å². The average Bonchev–Trinajstić information content (AvgIpc) is 2.79. The van der Waals surface area contributed by atoms with E-state index in [0.717, 1.165) is 18.2 Å². The van der Waals surface area contributed by atoms with Gasteiger partial charge in [0.05, 0.1) is 21.6 Å². The highest BCUT2D eigenvalue weighted by Gasteiger charge is 2.32. The van der Waals surface area contributed by atoms with Crippen molar-refractivity contribution in [3.63, 3.8) is 0 Å². The number of carbonyl (C=O) groups excluding carboxylic acids is 1. The number of nitro groups is 2. The maximum atomic E-state index is 11.8. The second kappa shape index (κ2) is 5.21. The van der Waals surface area contributed by atoms with Gasteiger partial charge in [-0.05, 0) is 0 Å². The minimum atomic E-state index is -0.749. The summed E-state index contributed by atoms with van der Waals surface area (Å²) < 4.78 is 0. The molecule has 0 bridgehead atoms. The third-order valence-electron chi connectivity index (χ3n) is 3.08. The first-order valence-electron chi connectivity index (χ1n) is 5.77. The van der Waals surface area contributed by atoms with E-state index in [1.807, 2.05) is 0 Å². The highest BCUT2D eigenvalue weighted by molar-refractivity contribution is 5.96. The van der Waals surface area contributed by atoms with Gasteiger partial charge in [0.2, 0.25) is 5.91 Å². The quantitative estimate of drug-likeness (QED) is 0.643. The number of nitrogens with zero attached hydrogens (tertiary/aromatic N) is 3. The van der Waals surface area contributed by atoms with Crippen LogP contribution in [0.3, 0.4) is 0 Å². The van der Waals surface area contributed by atoms with Gasteiger partial charge >= 0.3 is 0 Å². The van der Waals surface area contributed by atoms with Crippen LogP contribution in [0.25, 0.3) is 0 Å². The molecule has 1 aliphatic rings. The fourth-order valence-electron chi connectivity index (χ4n) is 2.10. The molecule has 1 heterocycles. The lowest BCUT2D eigenvalue weighted by Crippen LogP contribution is -2.25. The van der Waals surface area contributed by atoms with Crippen molar-refractivity contribution in [2.24, 2.45) is 5.92 Å². The first-order valence-corrected chi connectivity index (χ1v) is 5.77. The van der Waals surface area contributed by atoms with Crippen LogP contribution >= 0.6 is 0 Å². The van der Waals surface area contributed by atoms with Crippen LogP contribution in [-0.4, -0.2) is 34.0 Å². The number of benzene rings is 1. The van der Waals surface area contributed by atoms with Gasteiger partial charge in [0, 0.05) is 37.6 Å². The number of rotatable bonds is 4. The number of hydrogen-bond donors (Lipinski definition) is 1. The van der Waals surface area contributed by atoms with Gasteiger partial charge in [-0.3, -0.25) is 25.0 Å². The van der Waals surface area contributed by atoms with Gasteiger partial charge in [-0.1, -0.05) is 0 Å². The molecule has 1 atom stereocenters. The average molecular weight is 281 g/mol. The highest BCUT2D eigenvalue weighted by atomic mass is 16.6. The summed E-state index contributed by atoms with van der Waals surface area (Å²) in [4.78, 5) is 33.1. The van der Waals surface area contributed by atoms with Crippen molar-refractivity contribution in [1.82, 2.24) is 0 Å². The maximum absolute atomic E-state index is 11.8. The van der Waals surface area contributed by atoms with Gasteiger partial charge in [-0.15, -0.1) is 0 Å². The van der Waals surface area contributed by atoms with Crippen molar-refractivity contribution in [2.45, 2.75) is 6.42 Å². The molecule has 1 fully saturated rings. The van der Waals surface area contributed by atoms with E-state index >= 15 is 0 Å². The van der Waals surface area contributed by atoms with Crippen LogP contribution in [0, 0.1) is 26.1 Å². The van der Waals surface area contributed by atoms with Crippen LogP contribution in [0.4, 0.5) is 17.1 Å². The molecule has 0 spiro atoms. The minimum absolute atomic E-state index is 0.104. The Kier molecular flexibility index (Phi) is 3.61. The van der Waals surface area contributed by atoms with E-state index in [-0.39, 0.29) is 37.1 Å². The molecule has 0 aliphatic carbocycles. The molecule has 2 rings (SSSR count). The Hall–Kier alpha value is -2.55. The highest BCUT2D eigenvalue weighted by Crippen LogP contribution is 2.31. The van der Waals surface area contributed by atoms with Gasteiger partial charge < -0.3 is 10.0 Å². The van der Waals surface area contributed by atoms with E-state index in [0.29, 0.717) is 0 Å². The van der Waals surface area contributed by atoms with E-state index in [2.05, 4.69) is 0 Å². The van der Waals surface area contributed by atoms with E-state index < -0.39 is 21.2 Å². The molecule has 1 unspecified atom stereocenters. The third-order valence-corrected chi connectivity index (χ3v) is 3.08. The SMILES string of the molecule is O=C1CC(CO)CN1c1cc([N+](=O)[O-])cc([N+](=O)[O-])c1. The van der Waals surface area contributed by atoms with Crippen LogP contribution in [0.1, 0.15) is 6.42 Å². The van der Waals surface area contributed by atoms with Crippen LogP contribution < -0.4 is 4.90 Å². The summed E-state index contributed by atoms with van der Waals surface area (Å²) >= 11 is 0. The van der Waals surface area contributed by atoms with Crippen LogP contribution in [0.2, 0.25) is 0 Å². The number of carbonyl (C=O) groups is 1. The summed E-state index contributed by atoms with van der Waals surface area (Å²) in [6.07, 6.45) is 0.118. The molecule has 1 aromatic carbocycles. The number of hydrogen-bond acceptors (Lipinski definition) is 6. The van der Waals surface area contributed by atoms with Crippen molar-refractivity contribution >= 4 is 23.0 Å². The van der Waals surface area contributed by atoms with E-state index in [4.69, 9.17) is 5.11 Å². The zero-order valence-electron chi connectivity index (χ0n) is 10.3. The van der Waals surface area contributed by atoms with Crippen molar-refractivity contribution in [3.8, 4) is 0 Å². The lowest BCUT2D eigenvalue weighted by Gasteiger charge is -2.16. The predicted octanol–water partition coefficient (Wildman–Crippen LogP) is 0.848. The second-order valence-corrected chi connectivity index (χ2v) is 4.48. The van der Waals surface area contributed by atoms with Crippen LogP contribution in [0.5, 0.6) is 0 Å². The zero-order chi connectivity index (χ0) is 14.9. The molecule has 106 valence electrons. The molecule has 1 aliphatic heterocycles.